The van der Waals surface area contributed by atoms with E-state index in [9.17, 15) is 9.90 Å². The van der Waals surface area contributed by atoms with E-state index in [1.54, 1.807) is 12.1 Å². The molecule has 0 atom stereocenters. The molecule has 1 heterocycles. The zero-order valence-corrected chi connectivity index (χ0v) is 12.1. The molecule has 0 spiro atoms. The van der Waals surface area contributed by atoms with Gasteiger partial charge in [0.1, 0.15) is 0 Å². The Morgan fingerprint density at radius 2 is 2.05 bits per heavy atom. The molecule has 3 rings (SSSR count). The van der Waals surface area contributed by atoms with Crippen LogP contribution in [0.5, 0.6) is 0 Å². The number of nitrogens with zero attached hydrogens (tertiary/aromatic N) is 2. The molecule has 1 saturated carbocycles. The Bertz CT molecular complexity index is 662. The van der Waals surface area contributed by atoms with Crippen molar-refractivity contribution in [3.05, 3.63) is 35.2 Å². The van der Waals surface area contributed by atoms with E-state index in [0.717, 1.165) is 12.8 Å². The maximum absolute atomic E-state index is 11.5. The third-order valence-electron chi connectivity index (χ3n) is 4.09. The molecule has 1 aliphatic rings. The van der Waals surface area contributed by atoms with Crippen LogP contribution >= 0.6 is 11.6 Å². The van der Waals surface area contributed by atoms with E-state index in [-0.39, 0.29) is 6.42 Å². The molecule has 1 aromatic heterocycles. The Balaban J connectivity index is 1.86. The predicted octanol–water partition coefficient (Wildman–Crippen LogP) is 3.58. The maximum atomic E-state index is 11.5. The molecule has 1 fully saturated rings. The maximum Gasteiger partial charge on any atom is 0.310 e. The fraction of sp³-hybridized carbons (Fsp3) is 0.400. The highest BCUT2D eigenvalue weighted by Gasteiger charge is 2.42. The fourth-order valence-corrected chi connectivity index (χ4v) is 3.11. The van der Waals surface area contributed by atoms with Gasteiger partial charge in [-0.2, -0.15) is 4.98 Å². The van der Waals surface area contributed by atoms with Crippen LogP contribution in [0.15, 0.2) is 28.8 Å². The molecule has 0 aliphatic heterocycles. The van der Waals surface area contributed by atoms with Gasteiger partial charge in [0.05, 0.1) is 10.4 Å². The minimum Gasteiger partial charge on any atom is -0.481 e. The SMILES string of the molecule is O=C(O)C1(Cc2nc(-c3ccccc3Cl)no2)CCCC1. The first-order valence-corrected chi connectivity index (χ1v) is 7.29. The van der Waals surface area contributed by atoms with Crippen molar-refractivity contribution >= 4 is 17.6 Å². The first-order valence-electron chi connectivity index (χ1n) is 6.92. The van der Waals surface area contributed by atoms with Gasteiger partial charge in [-0.3, -0.25) is 4.79 Å². The van der Waals surface area contributed by atoms with Gasteiger partial charge in [0.15, 0.2) is 0 Å². The highest BCUT2D eigenvalue weighted by atomic mass is 35.5. The number of aliphatic carboxylic acids is 1. The van der Waals surface area contributed by atoms with Crippen LogP contribution in [0, 0.1) is 5.41 Å². The van der Waals surface area contributed by atoms with Crippen molar-refractivity contribution in [3.63, 3.8) is 0 Å². The molecule has 1 aromatic carbocycles. The summed E-state index contributed by atoms with van der Waals surface area (Å²) in [7, 11) is 0. The molecule has 0 bridgehead atoms. The molecule has 0 unspecified atom stereocenters. The van der Waals surface area contributed by atoms with Crippen molar-refractivity contribution in [2.24, 2.45) is 5.41 Å². The van der Waals surface area contributed by atoms with Gasteiger partial charge in [-0.25, -0.2) is 0 Å². The number of hydrogen-bond donors (Lipinski definition) is 1. The van der Waals surface area contributed by atoms with Gasteiger partial charge in [-0.15, -0.1) is 0 Å². The highest BCUT2D eigenvalue weighted by molar-refractivity contribution is 6.33. The van der Waals surface area contributed by atoms with Crippen LogP contribution in [-0.2, 0) is 11.2 Å². The molecule has 1 N–H and O–H groups in total. The van der Waals surface area contributed by atoms with E-state index in [1.807, 2.05) is 12.1 Å². The van der Waals surface area contributed by atoms with Crippen molar-refractivity contribution in [2.45, 2.75) is 32.1 Å². The van der Waals surface area contributed by atoms with Crippen molar-refractivity contribution < 1.29 is 14.4 Å². The Hall–Kier alpha value is -1.88. The Kier molecular flexibility index (Phi) is 3.68. The Labute approximate surface area is 126 Å². The lowest BCUT2D eigenvalue weighted by molar-refractivity contribution is -0.148. The Morgan fingerprint density at radius 1 is 1.33 bits per heavy atom. The third-order valence-corrected chi connectivity index (χ3v) is 4.42. The first-order chi connectivity index (χ1) is 10.1. The molecule has 0 radical (unpaired) electrons. The van der Waals surface area contributed by atoms with E-state index in [1.165, 1.54) is 0 Å². The second-order valence-electron chi connectivity index (χ2n) is 5.46. The summed E-state index contributed by atoms with van der Waals surface area (Å²) in [6.45, 7) is 0. The summed E-state index contributed by atoms with van der Waals surface area (Å²) in [6.07, 6.45) is 3.45. The molecular formula is C15H15ClN2O3. The van der Waals surface area contributed by atoms with E-state index in [0.29, 0.717) is 35.1 Å². The lowest BCUT2D eigenvalue weighted by atomic mass is 9.83. The summed E-state index contributed by atoms with van der Waals surface area (Å²) in [5.41, 5.74) is -0.0745. The average molecular weight is 307 g/mol. The van der Waals surface area contributed by atoms with Gasteiger partial charge >= 0.3 is 5.97 Å². The predicted molar refractivity (Wildman–Crippen MR) is 77.0 cm³/mol. The molecule has 0 amide bonds. The van der Waals surface area contributed by atoms with Crippen LogP contribution in [0.2, 0.25) is 5.02 Å². The topological polar surface area (TPSA) is 76.2 Å². The smallest absolute Gasteiger partial charge is 0.310 e. The van der Waals surface area contributed by atoms with Crippen molar-refractivity contribution in [1.82, 2.24) is 10.1 Å². The molecule has 110 valence electrons. The van der Waals surface area contributed by atoms with Gasteiger partial charge in [-0.05, 0) is 25.0 Å². The quantitative estimate of drug-likeness (QED) is 0.934. The first kappa shape index (κ1) is 14.1. The van der Waals surface area contributed by atoms with Gasteiger partial charge in [0, 0.05) is 12.0 Å². The molecule has 21 heavy (non-hydrogen) atoms. The summed E-state index contributed by atoms with van der Waals surface area (Å²) in [4.78, 5) is 15.9. The number of carboxylic acid groups (broad SMARTS) is 1. The minimum atomic E-state index is -0.780. The number of carbonyl (C=O) groups is 1. The van der Waals surface area contributed by atoms with Crippen LogP contribution in [-0.4, -0.2) is 21.2 Å². The number of aromatic nitrogens is 2. The number of carboxylic acids is 1. The van der Waals surface area contributed by atoms with Crippen molar-refractivity contribution in [1.29, 1.82) is 0 Å². The largest absolute Gasteiger partial charge is 0.481 e. The summed E-state index contributed by atoms with van der Waals surface area (Å²) in [5, 5.41) is 13.9. The lowest BCUT2D eigenvalue weighted by Crippen LogP contribution is -2.30. The summed E-state index contributed by atoms with van der Waals surface area (Å²) in [5.74, 6) is -0.0270. The number of benzene rings is 1. The Morgan fingerprint density at radius 3 is 2.71 bits per heavy atom. The lowest BCUT2D eigenvalue weighted by Gasteiger charge is -2.21. The molecular weight excluding hydrogens is 292 g/mol. The summed E-state index contributed by atoms with van der Waals surface area (Å²) in [6, 6.07) is 7.22. The van der Waals surface area contributed by atoms with Crippen LogP contribution in [0.3, 0.4) is 0 Å². The summed E-state index contributed by atoms with van der Waals surface area (Å²) < 4.78 is 5.23. The monoisotopic (exact) mass is 306 g/mol. The zero-order valence-electron chi connectivity index (χ0n) is 11.4. The van der Waals surface area contributed by atoms with Crippen molar-refractivity contribution in [2.75, 3.05) is 0 Å². The van der Waals surface area contributed by atoms with E-state index in [4.69, 9.17) is 16.1 Å². The molecule has 1 aliphatic carbocycles. The van der Waals surface area contributed by atoms with Crippen LogP contribution in [0.4, 0.5) is 0 Å². The molecule has 2 aromatic rings. The average Bonchev–Trinajstić information content (AvgIpc) is 3.10. The standard InChI is InChI=1S/C15H15ClN2O3/c16-11-6-2-1-5-10(11)13-17-12(21-18-13)9-15(14(19)20)7-3-4-8-15/h1-2,5-6H,3-4,7-9H2,(H,19,20). The van der Waals surface area contributed by atoms with Gasteiger partial charge in [0.25, 0.3) is 0 Å². The molecule has 5 nitrogen and oxygen atoms in total. The fourth-order valence-electron chi connectivity index (χ4n) is 2.89. The zero-order chi connectivity index (χ0) is 14.9. The summed E-state index contributed by atoms with van der Waals surface area (Å²) >= 11 is 6.10. The third kappa shape index (κ3) is 2.65. The van der Waals surface area contributed by atoms with Gasteiger partial charge in [0.2, 0.25) is 11.7 Å². The van der Waals surface area contributed by atoms with Crippen molar-refractivity contribution in [3.8, 4) is 11.4 Å². The van der Waals surface area contributed by atoms with E-state index in [2.05, 4.69) is 10.1 Å². The number of hydrogen-bond acceptors (Lipinski definition) is 4. The highest BCUT2D eigenvalue weighted by Crippen LogP contribution is 2.41. The number of halogens is 1. The van der Waals surface area contributed by atoms with Gasteiger partial charge < -0.3 is 9.63 Å². The minimum absolute atomic E-state index is 0.278. The van der Waals surface area contributed by atoms with Crippen LogP contribution < -0.4 is 0 Å². The van der Waals surface area contributed by atoms with Crippen LogP contribution in [0.25, 0.3) is 11.4 Å². The molecule has 0 saturated heterocycles. The van der Waals surface area contributed by atoms with Gasteiger partial charge in [-0.1, -0.05) is 41.7 Å². The van der Waals surface area contributed by atoms with E-state index >= 15 is 0 Å². The number of rotatable bonds is 4. The van der Waals surface area contributed by atoms with E-state index < -0.39 is 11.4 Å². The molecule has 6 heteroatoms. The second-order valence-corrected chi connectivity index (χ2v) is 5.87. The normalized spacial score (nSPS) is 17.0. The second kappa shape index (κ2) is 5.48. The van der Waals surface area contributed by atoms with Crippen LogP contribution in [0.1, 0.15) is 31.6 Å².